The van der Waals surface area contributed by atoms with Crippen LogP contribution in [0.4, 0.5) is 0 Å². The number of aromatic amines is 1. The first-order valence-electron chi connectivity index (χ1n) is 6.29. The molecule has 0 atom stereocenters. The first kappa shape index (κ1) is 12.2. The highest BCUT2D eigenvalue weighted by atomic mass is 16.5. The Balaban J connectivity index is 2.22. The van der Waals surface area contributed by atoms with E-state index in [-0.39, 0.29) is 0 Å². The summed E-state index contributed by atoms with van der Waals surface area (Å²) in [6.07, 6.45) is 3.48. The van der Waals surface area contributed by atoms with Crippen LogP contribution in [-0.4, -0.2) is 21.8 Å². The van der Waals surface area contributed by atoms with E-state index in [0.717, 1.165) is 22.2 Å². The second-order valence-corrected chi connectivity index (χ2v) is 4.25. The lowest BCUT2D eigenvalue weighted by Gasteiger charge is -2.05. The van der Waals surface area contributed by atoms with E-state index in [1.54, 1.807) is 18.5 Å². The summed E-state index contributed by atoms with van der Waals surface area (Å²) in [5.74, 6) is 0.578. The maximum absolute atomic E-state index is 9.15. The van der Waals surface area contributed by atoms with Gasteiger partial charge in [0, 0.05) is 23.3 Å². The zero-order valence-electron chi connectivity index (χ0n) is 10.9. The third-order valence-corrected chi connectivity index (χ3v) is 3.02. The number of hydrogen-bond acceptors (Lipinski definition) is 4. The van der Waals surface area contributed by atoms with Crippen LogP contribution in [0.5, 0.6) is 5.75 Å². The SMILES string of the molecule is CCOc1cc2c(-c3cccnc3)n[nH]c2cc1C#N. The molecule has 20 heavy (non-hydrogen) atoms. The molecular weight excluding hydrogens is 252 g/mol. The van der Waals surface area contributed by atoms with Crippen molar-refractivity contribution in [1.29, 1.82) is 5.26 Å². The molecule has 3 aromatic rings. The van der Waals surface area contributed by atoms with Gasteiger partial charge in [0.1, 0.15) is 17.5 Å². The Labute approximate surface area is 115 Å². The number of aromatic nitrogens is 3. The van der Waals surface area contributed by atoms with Gasteiger partial charge in [0.2, 0.25) is 0 Å². The minimum absolute atomic E-state index is 0.501. The van der Waals surface area contributed by atoms with Crippen LogP contribution in [0.2, 0.25) is 0 Å². The number of nitrogens with one attached hydrogen (secondary N) is 1. The molecule has 0 spiro atoms. The third kappa shape index (κ3) is 1.97. The normalized spacial score (nSPS) is 10.4. The van der Waals surface area contributed by atoms with Crippen molar-refractivity contribution < 1.29 is 4.74 Å². The number of benzene rings is 1. The largest absolute Gasteiger partial charge is 0.492 e. The molecule has 0 aliphatic carbocycles. The average molecular weight is 264 g/mol. The summed E-state index contributed by atoms with van der Waals surface area (Å²) in [4.78, 5) is 4.10. The van der Waals surface area contributed by atoms with Crippen molar-refractivity contribution in [3.05, 3.63) is 42.2 Å². The highest BCUT2D eigenvalue weighted by Gasteiger charge is 2.12. The van der Waals surface area contributed by atoms with E-state index in [1.165, 1.54) is 0 Å². The molecule has 0 bridgehead atoms. The quantitative estimate of drug-likeness (QED) is 0.789. The molecule has 1 N–H and O–H groups in total. The fourth-order valence-electron chi connectivity index (χ4n) is 2.13. The second-order valence-electron chi connectivity index (χ2n) is 4.25. The lowest BCUT2D eigenvalue weighted by atomic mass is 10.1. The molecule has 1 aromatic carbocycles. The van der Waals surface area contributed by atoms with E-state index in [0.29, 0.717) is 17.9 Å². The van der Waals surface area contributed by atoms with E-state index in [2.05, 4.69) is 21.3 Å². The van der Waals surface area contributed by atoms with Gasteiger partial charge < -0.3 is 4.74 Å². The molecular formula is C15H12N4O. The van der Waals surface area contributed by atoms with Crippen molar-refractivity contribution in [3.63, 3.8) is 0 Å². The Morgan fingerprint density at radius 1 is 1.40 bits per heavy atom. The van der Waals surface area contributed by atoms with Crippen LogP contribution in [0.1, 0.15) is 12.5 Å². The van der Waals surface area contributed by atoms with Crippen molar-refractivity contribution in [2.75, 3.05) is 6.61 Å². The number of nitrogens with zero attached hydrogens (tertiary/aromatic N) is 3. The molecule has 0 saturated heterocycles. The average Bonchev–Trinajstić information content (AvgIpc) is 2.90. The first-order chi connectivity index (χ1) is 9.83. The summed E-state index contributed by atoms with van der Waals surface area (Å²) in [5.41, 5.74) is 3.04. The summed E-state index contributed by atoms with van der Waals surface area (Å²) >= 11 is 0. The minimum atomic E-state index is 0.501. The maximum Gasteiger partial charge on any atom is 0.137 e. The molecule has 0 saturated carbocycles. The number of nitriles is 1. The van der Waals surface area contributed by atoms with Gasteiger partial charge >= 0.3 is 0 Å². The van der Waals surface area contributed by atoms with Crippen LogP contribution < -0.4 is 4.74 Å². The van der Waals surface area contributed by atoms with E-state index in [4.69, 9.17) is 10.00 Å². The van der Waals surface area contributed by atoms with E-state index in [1.807, 2.05) is 25.1 Å². The monoisotopic (exact) mass is 264 g/mol. The molecule has 2 heterocycles. The van der Waals surface area contributed by atoms with Crippen molar-refractivity contribution in [3.8, 4) is 23.1 Å². The standard InChI is InChI=1S/C15H12N4O/c1-2-20-14-7-12-13(6-11(14)8-16)18-19-15(12)10-4-3-5-17-9-10/h3-7,9H,2H2,1H3,(H,18,19). The number of rotatable bonds is 3. The Bertz CT molecular complexity index is 787. The molecule has 5 nitrogen and oxygen atoms in total. The number of pyridine rings is 1. The molecule has 5 heteroatoms. The molecule has 2 aromatic heterocycles. The third-order valence-electron chi connectivity index (χ3n) is 3.02. The van der Waals surface area contributed by atoms with Gasteiger partial charge in [-0.1, -0.05) is 0 Å². The Morgan fingerprint density at radius 3 is 3.00 bits per heavy atom. The van der Waals surface area contributed by atoms with E-state index in [9.17, 15) is 0 Å². The maximum atomic E-state index is 9.15. The van der Waals surface area contributed by atoms with Gasteiger partial charge in [-0.25, -0.2) is 0 Å². The lowest BCUT2D eigenvalue weighted by Crippen LogP contribution is -1.94. The predicted molar refractivity (Wildman–Crippen MR) is 75.2 cm³/mol. The van der Waals surface area contributed by atoms with E-state index >= 15 is 0 Å². The molecule has 0 aliphatic heterocycles. The summed E-state index contributed by atoms with van der Waals surface area (Å²) in [7, 11) is 0. The lowest BCUT2D eigenvalue weighted by molar-refractivity contribution is 0.340. The topological polar surface area (TPSA) is 74.6 Å². The van der Waals surface area contributed by atoms with Gasteiger partial charge in [-0.2, -0.15) is 10.4 Å². The molecule has 3 rings (SSSR count). The predicted octanol–water partition coefficient (Wildman–Crippen LogP) is 2.90. The summed E-state index contributed by atoms with van der Waals surface area (Å²) in [6.45, 7) is 2.41. The molecule has 0 amide bonds. The van der Waals surface area contributed by atoms with Crippen molar-refractivity contribution >= 4 is 10.9 Å². The number of fused-ring (bicyclic) bond motifs is 1. The molecule has 0 aliphatic rings. The van der Waals surface area contributed by atoms with Crippen LogP contribution in [0.15, 0.2) is 36.7 Å². The zero-order valence-corrected chi connectivity index (χ0v) is 10.9. The van der Waals surface area contributed by atoms with Gasteiger partial charge in [-0.05, 0) is 31.2 Å². The van der Waals surface area contributed by atoms with Crippen LogP contribution in [-0.2, 0) is 0 Å². The zero-order chi connectivity index (χ0) is 13.9. The Hall–Kier alpha value is -2.87. The van der Waals surface area contributed by atoms with Gasteiger partial charge in [-0.3, -0.25) is 10.1 Å². The number of hydrogen-bond donors (Lipinski definition) is 1. The van der Waals surface area contributed by atoms with Gasteiger partial charge in [0.05, 0.1) is 17.7 Å². The Kier molecular flexibility index (Phi) is 3.05. The molecule has 98 valence electrons. The van der Waals surface area contributed by atoms with Crippen LogP contribution in [0, 0.1) is 11.3 Å². The number of H-pyrrole nitrogens is 1. The number of ether oxygens (including phenoxy) is 1. The minimum Gasteiger partial charge on any atom is -0.492 e. The van der Waals surface area contributed by atoms with Gasteiger partial charge in [-0.15, -0.1) is 0 Å². The fraction of sp³-hybridized carbons (Fsp3) is 0.133. The molecule has 0 unspecified atom stereocenters. The summed E-state index contributed by atoms with van der Waals surface area (Å²) < 4.78 is 5.52. The molecule has 0 fully saturated rings. The first-order valence-corrected chi connectivity index (χ1v) is 6.29. The van der Waals surface area contributed by atoms with Crippen LogP contribution >= 0.6 is 0 Å². The van der Waals surface area contributed by atoms with Crippen molar-refractivity contribution in [2.24, 2.45) is 0 Å². The highest BCUT2D eigenvalue weighted by molar-refractivity contribution is 5.94. The highest BCUT2D eigenvalue weighted by Crippen LogP contribution is 2.31. The van der Waals surface area contributed by atoms with Crippen molar-refractivity contribution in [1.82, 2.24) is 15.2 Å². The van der Waals surface area contributed by atoms with Crippen molar-refractivity contribution in [2.45, 2.75) is 6.92 Å². The fourth-order valence-corrected chi connectivity index (χ4v) is 2.13. The van der Waals surface area contributed by atoms with Gasteiger partial charge in [0.15, 0.2) is 0 Å². The summed E-state index contributed by atoms with van der Waals surface area (Å²) in [6, 6.07) is 9.55. The van der Waals surface area contributed by atoms with Crippen LogP contribution in [0.3, 0.4) is 0 Å². The van der Waals surface area contributed by atoms with Gasteiger partial charge in [0.25, 0.3) is 0 Å². The smallest absolute Gasteiger partial charge is 0.137 e. The van der Waals surface area contributed by atoms with E-state index < -0.39 is 0 Å². The molecule has 0 radical (unpaired) electrons. The van der Waals surface area contributed by atoms with Crippen LogP contribution in [0.25, 0.3) is 22.2 Å². The summed E-state index contributed by atoms with van der Waals surface area (Å²) in [5, 5.41) is 17.3. The second kappa shape index (κ2) is 5.02. The Morgan fingerprint density at radius 2 is 2.30 bits per heavy atom.